The Morgan fingerprint density at radius 2 is 2.11 bits per heavy atom. The van der Waals surface area contributed by atoms with Crippen molar-refractivity contribution in [3.05, 3.63) is 41.3 Å². The monoisotopic (exact) mass is 365 g/mol. The second kappa shape index (κ2) is 6.98. The van der Waals surface area contributed by atoms with Gasteiger partial charge >= 0.3 is 0 Å². The molecule has 4 rings (SSSR count). The van der Waals surface area contributed by atoms with E-state index in [1.807, 2.05) is 32.9 Å². The van der Waals surface area contributed by atoms with E-state index in [1.165, 1.54) is 6.33 Å². The van der Waals surface area contributed by atoms with Gasteiger partial charge in [0.05, 0.1) is 11.6 Å². The molecule has 0 radical (unpaired) electrons. The molecule has 1 amide bonds. The second-order valence-electron chi connectivity index (χ2n) is 7.24. The van der Waals surface area contributed by atoms with Crippen LogP contribution in [0.5, 0.6) is 0 Å². The molecule has 1 N–H and O–H groups in total. The molecule has 7 nitrogen and oxygen atoms in total. The van der Waals surface area contributed by atoms with E-state index in [0.717, 1.165) is 53.1 Å². The first-order chi connectivity index (χ1) is 13.0. The van der Waals surface area contributed by atoms with E-state index in [4.69, 9.17) is 4.52 Å². The van der Waals surface area contributed by atoms with Crippen molar-refractivity contribution in [3.63, 3.8) is 0 Å². The van der Waals surface area contributed by atoms with E-state index in [0.29, 0.717) is 12.3 Å². The number of hydrogen-bond donors (Lipinski definition) is 1. The van der Waals surface area contributed by atoms with Crippen molar-refractivity contribution in [2.45, 2.75) is 33.6 Å². The van der Waals surface area contributed by atoms with E-state index in [-0.39, 0.29) is 11.8 Å². The molecule has 3 aromatic rings. The van der Waals surface area contributed by atoms with Gasteiger partial charge in [0.2, 0.25) is 5.91 Å². The van der Waals surface area contributed by atoms with Gasteiger partial charge in [-0.2, -0.15) is 4.98 Å². The molecule has 1 atom stereocenters. The molecular formula is C20H23N5O2. The fourth-order valence-electron chi connectivity index (χ4n) is 3.63. The van der Waals surface area contributed by atoms with Crippen LogP contribution in [-0.4, -0.2) is 34.1 Å². The molecule has 3 heterocycles. The summed E-state index contributed by atoms with van der Waals surface area (Å²) >= 11 is 0. The van der Waals surface area contributed by atoms with Crippen molar-refractivity contribution in [1.82, 2.24) is 15.1 Å². The molecule has 1 aliphatic heterocycles. The van der Waals surface area contributed by atoms with E-state index in [1.54, 1.807) is 0 Å². The highest BCUT2D eigenvalue weighted by Crippen LogP contribution is 2.30. The van der Waals surface area contributed by atoms with Crippen LogP contribution in [0.15, 0.2) is 29.0 Å². The van der Waals surface area contributed by atoms with Crippen LogP contribution in [0.2, 0.25) is 0 Å². The summed E-state index contributed by atoms with van der Waals surface area (Å²) in [7, 11) is 0. The third kappa shape index (κ3) is 3.37. The summed E-state index contributed by atoms with van der Waals surface area (Å²) in [6.07, 6.45) is 3.28. The molecule has 0 saturated carbocycles. The van der Waals surface area contributed by atoms with Crippen LogP contribution in [-0.2, 0) is 4.79 Å². The van der Waals surface area contributed by atoms with Gasteiger partial charge in [0.25, 0.3) is 5.71 Å². The largest absolute Gasteiger partial charge is 0.355 e. The predicted molar refractivity (Wildman–Crippen MR) is 104 cm³/mol. The summed E-state index contributed by atoms with van der Waals surface area (Å²) in [5, 5.41) is 7.93. The maximum Gasteiger partial charge on any atom is 0.263 e. The maximum atomic E-state index is 12.9. The van der Waals surface area contributed by atoms with Gasteiger partial charge in [0.15, 0.2) is 0 Å². The van der Waals surface area contributed by atoms with Gasteiger partial charge in [0.1, 0.15) is 17.5 Å². The first kappa shape index (κ1) is 17.5. The van der Waals surface area contributed by atoms with Gasteiger partial charge in [-0.25, -0.2) is 4.98 Å². The van der Waals surface area contributed by atoms with Gasteiger partial charge in [-0.1, -0.05) is 17.3 Å². The molecule has 27 heavy (non-hydrogen) atoms. The number of hydrogen-bond acceptors (Lipinski definition) is 6. The number of amides is 1. The van der Waals surface area contributed by atoms with Crippen LogP contribution in [0, 0.1) is 26.7 Å². The van der Waals surface area contributed by atoms with Crippen LogP contribution < -0.4 is 10.2 Å². The molecule has 7 heteroatoms. The number of carbonyl (C=O) groups excluding carboxylic acids is 1. The van der Waals surface area contributed by atoms with E-state index < -0.39 is 0 Å². The molecule has 1 saturated heterocycles. The van der Waals surface area contributed by atoms with Gasteiger partial charge in [-0.15, -0.1) is 0 Å². The molecule has 2 aromatic heterocycles. The third-order valence-corrected chi connectivity index (χ3v) is 5.17. The predicted octanol–water partition coefficient (Wildman–Crippen LogP) is 3.40. The van der Waals surface area contributed by atoms with Gasteiger partial charge in [-0.05, 0) is 50.8 Å². The summed E-state index contributed by atoms with van der Waals surface area (Å²) in [6.45, 7) is 7.39. The highest BCUT2D eigenvalue weighted by atomic mass is 16.5. The number of fused-ring (bicyclic) bond motifs is 1. The van der Waals surface area contributed by atoms with Crippen molar-refractivity contribution in [2.75, 3.05) is 23.3 Å². The van der Waals surface area contributed by atoms with Crippen molar-refractivity contribution in [1.29, 1.82) is 0 Å². The summed E-state index contributed by atoms with van der Waals surface area (Å²) in [5.74, 6) is 0.757. The smallest absolute Gasteiger partial charge is 0.263 e. The molecule has 1 aliphatic rings. The van der Waals surface area contributed by atoms with Gasteiger partial charge in [0, 0.05) is 18.8 Å². The highest BCUT2D eigenvalue weighted by molar-refractivity contribution is 5.94. The van der Waals surface area contributed by atoms with E-state index >= 15 is 0 Å². The lowest BCUT2D eigenvalue weighted by Crippen LogP contribution is -2.41. The molecule has 0 aliphatic carbocycles. The zero-order valence-electron chi connectivity index (χ0n) is 15.8. The Kier molecular flexibility index (Phi) is 4.51. The fraction of sp³-hybridized carbons (Fsp3) is 0.400. The van der Waals surface area contributed by atoms with Crippen molar-refractivity contribution in [3.8, 4) is 0 Å². The Morgan fingerprint density at radius 3 is 2.96 bits per heavy atom. The Labute approximate surface area is 157 Å². The summed E-state index contributed by atoms with van der Waals surface area (Å²) < 4.78 is 5.25. The zero-order valence-corrected chi connectivity index (χ0v) is 15.8. The number of carbonyl (C=O) groups is 1. The summed E-state index contributed by atoms with van der Waals surface area (Å²) in [4.78, 5) is 23.6. The van der Waals surface area contributed by atoms with Gasteiger partial charge in [-0.3, -0.25) is 4.79 Å². The number of piperidine rings is 1. The third-order valence-electron chi connectivity index (χ3n) is 5.17. The zero-order chi connectivity index (χ0) is 19.0. The summed E-state index contributed by atoms with van der Waals surface area (Å²) in [6, 6.07) is 6.10. The first-order valence-corrected chi connectivity index (χ1v) is 9.23. The number of nitrogens with one attached hydrogen (secondary N) is 1. The highest BCUT2D eigenvalue weighted by Gasteiger charge is 2.28. The SMILES string of the molecule is Cc1ccc(C)c(NC(=O)C2CCCN(c3ncnc4onc(C)c34)C2)c1. The molecule has 1 aromatic carbocycles. The number of anilines is 2. The van der Waals surface area contributed by atoms with Crippen LogP contribution in [0.3, 0.4) is 0 Å². The minimum atomic E-state index is -0.0937. The Morgan fingerprint density at radius 1 is 1.26 bits per heavy atom. The molecular weight excluding hydrogens is 342 g/mol. The lowest BCUT2D eigenvalue weighted by molar-refractivity contribution is -0.120. The lowest BCUT2D eigenvalue weighted by atomic mass is 9.96. The number of aryl methyl sites for hydroxylation is 3. The number of benzene rings is 1. The fourth-order valence-corrected chi connectivity index (χ4v) is 3.63. The number of aromatic nitrogens is 3. The minimum absolute atomic E-state index is 0.0562. The Hall–Kier alpha value is -2.96. The maximum absolute atomic E-state index is 12.9. The van der Waals surface area contributed by atoms with Crippen molar-refractivity contribution in [2.24, 2.45) is 5.92 Å². The van der Waals surface area contributed by atoms with E-state index in [2.05, 4.69) is 31.4 Å². The topological polar surface area (TPSA) is 84.2 Å². The van der Waals surface area contributed by atoms with Crippen molar-refractivity contribution < 1.29 is 9.32 Å². The normalized spacial score (nSPS) is 17.3. The van der Waals surface area contributed by atoms with Crippen molar-refractivity contribution >= 4 is 28.5 Å². The first-order valence-electron chi connectivity index (χ1n) is 9.23. The Balaban J connectivity index is 1.55. The second-order valence-corrected chi connectivity index (χ2v) is 7.24. The van der Waals surface area contributed by atoms with E-state index in [9.17, 15) is 4.79 Å². The molecule has 140 valence electrons. The molecule has 1 fully saturated rings. The number of nitrogens with zero attached hydrogens (tertiary/aromatic N) is 4. The lowest BCUT2D eigenvalue weighted by Gasteiger charge is -2.33. The standard InChI is InChI=1S/C20H23N5O2/c1-12-6-7-13(2)16(9-12)23-19(26)15-5-4-8-25(10-15)18-17-14(3)24-27-20(17)22-11-21-18/h6-7,9,11,15H,4-5,8,10H2,1-3H3,(H,23,26). The van der Waals surface area contributed by atoms with Crippen LogP contribution in [0.4, 0.5) is 11.5 Å². The van der Waals surface area contributed by atoms with Gasteiger partial charge < -0.3 is 14.7 Å². The quantitative estimate of drug-likeness (QED) is 0.766. The Bertz CT molecular complexity index is 997. The minimum Gasteiger partial charge on any atom is -0.355 e. The summed E-state index contributed by atoms with van der Waals surface area (Å²) in [5.41, 5.74) is 4.34. The average molecular weight is 365 g/mol. The van der Waals surface area contributed by atoms with Crippen LogP contribution >= 0.6 is 0 Å². The molecule has 1 unspecified atom stereocenters. The average Bonchev–Trinajstić information content (AvgIpc) is 3.06. The molecule has 0 bridgehead atoms. The van der Waals surface area contributed by atoms with Crippen LogP contribution in [0.25, 0.3) is 11.1 Å². The molecule has 0 spiro atoms. The van der Waals surface area contributed by atoms with Crippen LogP contribution in [0.1, 0.15) is 29.7 Å². The number of rotatable bonds is 3.